The van der Waals surface area contributed by atoms with Gasteiger partial charge in [-0.1, -0.05) is 35.9 Å². The third kappa shape index (κ3) is 2.52. The summed E-state index contributed by atoms with van der Waals surface area (Å²) in [5.74, 6) is -0.480. The number of aliphatic hydroxyl groups is 1. The second kappa shape index (κ2) is 5.26. The molecule has 0 aliphatic heterocycles. The summed E-state index contributed by atoms with van der Waals surface area (Å²) in [6.07, 6.45) is 1.85. The van der Waals surface area contributed by atoms with Crippen molar-refractivity contribution in [1.82, 2.24) is 4.98 Å². The zero-order valence-corrected chi connectivity index (χ0v) is 12.0. The maximum absolute atomic E-state index is 13.9. The summed E-state index contributed by atoms with van der Waals surface area (Å²) in [7, 11) is 0. The molecule has 0 bridgehead atoms. The number of aryl methyl sites for hydroxylation is 1. The van der Waals surface area contributed by atoms with Crippen molar-refractivity contribution in [2.45, 2.75) is 20.0 Å². The third-order valence-corrected chi connectivity index (χ3v) is 3.66. The molecular weight excluding hydrogens is 265 g/mol. The van der Waals surface area contributed by atoms with E-state index in [0.717, 1.165) is 22.5 Å². The number of hydrogen-bond acceptors (Lipinski definition) is 2. The highest BCUT2D eigenvalue weighted by Gasteiger charge is 2.15. The van der Waals surface area contributed by atoms with Gasteiger partial charge in [0.1, 0.15) is 5.82 Å². The topological polar surface area (TPSA) is 33.1 Å². The van der Waals surface area contributed by atoms with Crippen LogP contribution in [0.4, 0.5) is 4.39 Å². The van der Waals surface area contributed by atoms with Crippen LogP contribution in [0.25, 0.3) is 21.9 Å². The molecule has 0 spiro atoms. The number of rotatable bonds is 2. The summed E-state index contributed by atoms with van der Waals surface area (Å²) in [6, 6.07) is 12.1. The Kier molecular flexibility index (Phi) is 3.43. The van der Waals surface area contributed by atoms with E-state index in [-0.39, 0.29) is 5.56 Å². The van der Waals surface area contributed by atoms with E-state index in [1.165, 1.54) is 5.56 Å². The molecule has 21 heavy (non-hydrogen) atoms. The molecule has 106 valence electrons. The maximum Gasteiger partial charge on any atom is 0.147 e. The lowest BCUT2D eigenvalue weighted by Crippen LogP contribution is -2.00. The number of fused-ring (bicyclic) bond motifs is 1. The molecule has 1 atom stereocenters. The minimum absolute atomic E-state index is 0.288. The van der Waals surface area contributed by atoms with Crippen molar-refractivity contribution in [3.05, 3.63) is 65.7 Å². The molecule has 0 amide bonds. The van der Waals surface area contributed by atoms with Crippen molar-refractivity contribution in [3.8, 4) is 11.1 Å². The lowest BCUT2D eigenvalue weighted by Gasteiger charge is -2.13. The van der Waals surface area contributed by atoms with Crippen molar-refractivity contribution < 1.29 is 9.50 Å². The highest BCUT2D eigenvalue weighted by molar-refractivity contribution is 5.88. The summed E-state index contributed by atoms with van der Waals surface area (Å²) in [6.45, 7) is 3.61. The summed E-state index contributed by atoms with van der Waals surface area (Å²) < 4.78 is 13.9. The fraction of sp³-hybridized carbons (Fsp3) is 0.167. The molecular formula is C18H16FNO. The monoisotopic (exact) mass is 281 g/mol. The van der Waals surface area contributed by atoms with E-state index in [2.05, 4.69) is 18.0 Å². The van der Waals surface area contributed by atoms with Crippen molar-refractivity contribution in [3.63, 3.8) is 0 Å². The molecule has 0 saturated carbocycles. The molecule has 0 fully saturated rings. The van der Waals surface area contributed by atoms with Crippen LogP contribution in [0.5, 0.6) is 0 Å². The summed E-state index contributed by atoms with van der Waals surface area (Å²) in [4.78, 5) is 3.91. The number of pyridine rings is 1. The van der Waals surface area contributed by atoms with Gasteiger partial charge in [-0.05, 0) is 36.2 Å². The molecule has 0 saturated heterocycles. The lowest BCUT2D eigenvalue weighted by molar-refractivity contribution is 0.194. The van der Waals surface area contributed by atoms with E-state index >= 15 is 0 Å². The second-order valence-corrected chi connectivity index (χ2v) is 5.32. The highest BCUT2D eigenvalue weighted by atomic mass is 19.1. The van der Waals surface area contributed by atoms with Crippen LogP contribution >= 0.6 is 0 Å². The molecule has 3 heteroatoms. The van der Waals surface area contributed by atoms with Crippen LogP contribution in [0.3, 0.4) is 0 Å². The van der Waals surface area contributed by atoms with Crippen LogP contribution < -0.4 is 0 Å². The Morgan fingerprint density at radius 2 is 1.76 bits per heavy atom. The standard InChI is InChI=1S/C18H16FNO/c1-11-3-4-14-8-15(6-5-13(14)7-11)16-9-20-10-17(19)18(16)12(2)21/h3-10,12,21H,1-2H3. The van der Waals surface area contributed by atoms with Crippen LogP contribution in [-0.2, 0) is 0 Å². The van der Waals surface area contributed by atoms with Crippen LogP contribution in [0.15, 0.2) is 48.8 Å². The van der Waals surface area contributed by atoms with Gasteiger partial charge >= 0.3 is 0 Å². The largest absolute Gasteiger partial charge is 0.389 e. The zero-order chi connectivity index (χ0) is 15.0. The summed E-state index contributed by atoms with van der Waals surface area (Å²) >= 11 is 0. The fourth-order valence-corrected chi connectivity index (χ4v) is 2.63. The molecule has 0 radical (unpaired) electrons. The molecule has 1 heterocycles. The quantitative estimate of drug-likeness (QED) is 0.755. The normalized spacial score (nSPS) is 12.6. The van der Waals surface area contributed by atoms with E-state index in [4.69, 9.17) is 0 Å². The Bertz CT molecular complexity index is 811. The molecule has 3 rings (SSSR count). The minimum atomic E-state index is -0.878. The first kappa shape index (κ1) is 13.7. The summed E-state index contributed by atoms with van der Waals surface area (Å²) in [5, 5.41) is 12.1. The molecule has 0 aliphatic rings. The van der Waals surface area contributed by atoms with Crippen LogP contribution in [0.2, 0.25) is 0 Å². The van der Waals surface area contributed by atoms with E-state index < -0.39 is 11.9 Å². The van der Waals surface area contributed by atoms with Crippen LogP contribution in [0.1, 0.15) is 24.2 Å². The van der Waals surface area contributed by atoms with Gasteiger partial charge in [0.05, 0.1) is 12.3 Å². The Balaban J connectivity index is 2.21. The predicted octanol–water partition coefficient (Wildman–Crippen LogP) is 4.40. The molecule has 1 N–H and O–H groups in total. The summed E-state index contributed by atoms with van der Waals surface area (Å²) in [5.41, 5.74) is 2.98. The second-order valence-electron chi connectivity index (χ2n) is 5.32. The van der Waals surface area contributed by atoms with Gasteiger partial charge in [0.2, 0.25) is 0 Å². The number of aromatic nitrogens is 1. The average Bonchev–Trinajstić information content (AvgIpc) is 2.46. The Morgan fingerprint density at radius 1 is 1.05 bits per heavy atom. The Morgan fingerprint density at radius 3 is 2.52 bits per heavy atom. The van der Waals surface area contributed by atoms with Crippen molar-refractivity contribution >= 4 is 10.8 Å². The minimum Gasteiger partial charge on any atom is -0.389 e. The number of benzene rings is 2. The lowest BCUT2D eigenvalue weighted by atomic mass is 9.96. The predicted molar refractivity (Wildman–Crippen MR) is 82.5 cm³/mol. The SMILES string of the molecule is Cc1ccc2cc(-c3cncc(F)c3C(C)O)ccc2c1. The van der Waals surface area contributed by atoms with Crippen molar-refractivity contribution in [1.29, 1.82) is 0 Å². The van der Waals surface area contributed by atoms with E-state index in [9.17, 15) is 9.50 Å². The molecule has 3 aromatic rings. The number of nitrogens with zero attached hydrogens (tertiary/aromatic N) is 1. The van der Waals surface area contributed by atoms with E-state index in [1.807, 2.05) is 30.3 Å². The highest BCUT2D eigenvalue weighted by Crippen LogP contribution is 2.31. The third-order valence-electron chi connectivity index (χ3n) is 3.66. The van der Waals surface area contributed by atoms with Crippen molar-refractivity contribution in [2.24, 2.45) is 0 Å². The van der Waals surface area contributed by atoms with Gasteiger partial charge in [-0.3, -0.25) is 4.98 Å². The van der Waals surface area contributed by atoms with E-state index in [1.54, 1.807) is 13.1 Å². The average molecular weight is 281 g/mol. The Labute approximate surface area is 122 Å². The van der Waals surface area contributed by atoms with Gasteiger partial charge in [0.15, 0.2) is 0 Å². The fourth-order valence-electron chi connectivity index (χ4n) is 2.63. The molecule has 2 aromatic carbocycles. The smallest absolute Gasteiger partial charge is 0.147 e. The van der Waals surface area contributed by atoms with Gasteiger partial charge in [-0.2, -0.15) is 0 Å². The van der Waals surface area contributed by atoms with Crippen LogP contribution in [-0.4, -0.2) is 10.1 Å². The first-order valence-corrected chi connectivity index (χ1v) is 6.88. The Hall–Kier alpha value is -2.26. The maximum atomic E-state index is 13.9. The van der Waals surface area contributed by atoms with Gasteiger partial charge in [-0.25, -0.2) is 4.39 Å². The first-order valence-electron chi connectivity index (χ1n) is 6.88. The van der Waals surface area contributed by atoms with Crippen LogP contribution in [0, 0.1) is 12.7 Å². The number of aliphatic hydroxyl groups excluding tert-OH is 1. The van der Waals surface area contributed by atoms with Crippen molar-refractivity contribution in [2.75, 3.05) is 0 Å². The number of hydrogen-bond donors (Lipinski definition) is 1. The van der Waals surface area contributed by atoms with Gasteiger partial charge in [0.25, 0.3) is 0 Å². The number of halogens is 1. The molecule has 0 aliphatic carbocycles. The first-order chi connectivity index (χ1) is 10.1. The van der Waals surface area contributed by atoms with Gasteiger partial charge < -0.3 is 5.11 Å². The van der Waals surface area contributed by atoms with Gasteiger partial charge in [-0.15, -0.1) is 0 Å². The molecule has 1 unspecified atom stereocenters. The van der Waals surface area contributed by atoms with Gasteiger partial charge in [0, 0.05) is 17.3 Å². The zero-order valence-electron chi connectivity index (χ0n) is 12.0. The molecule has 2 nitrogen and oxygen atoms in total. The van der Waals surface area contributed by atoms with E-state index in [0.29, 0.717) is 5.56 Å². The molecule has 1 aromatic heterocycles.